The molecule has 96 valence electrons. The van der Waals surface area contributed by atoms with E-state index in [1.165, 1.54) is 0 Å². The lowest BCUT2D eigenvalue weighted by Gasteiger charge is -2.04. The normalized spacial score (nSPS) is 16.1. The molecule has 0 radical (unpaired) electrons. The first kappa shape index (κ1) is 14.4. The fourth-order valence-electron chi connectivity index (χ4n) is 1.34. The Morgan fingerprint density at radius 2 is 1.63 bits per heavy atom. The number of ketones is 1. The van der Waals surface area contributed by atoms with Gasteiger partial charge in [-0.25, -0.2) is 0 Å². The second-order valence-corrected chi connectivity index (χ2v) is 5.66. The fourth-order valence-corrected chi connectivity index (χ4v) is 2.67. The Bertz CT molecular complexity index is 609. The first-order valence-electron chi connectivity index (χ1n) is 5.23. The quantitative estimate of drug-likeness (QED) is 0.416. The molecule has 0 fully saturated rings. The van der Waals surface area contributed by atoms with Crippen molar-refractivity contribution in [2.75, 3.05) is 0 Å². The molecule has 0 aliphatic heterocycles. The molecule has 0 saturated heterocycles. The monoisotopic (exact) mass is 400 g/mol. The Kier molecular flexibility index (Phi) is 4.85. The molecule has 0 spiro atoms. The van der Waals surface area contributed by atoms with Gasteiger partial charge in [0, 0.05) is 5.56 Å². The molecule has 0 atom stereocenters. The van der Waals surface area contributed by atoms with Crippen molar-refractivity contribution in [2.24, 2.45) is 10.2 Å². The van der Waals surface area contributed by atoms with Gasteiger partial charge >= 0.3 is 0 Å². The standard InChI is InChI=1S/C13H7Br2ClN2O/c14-10-6-9(7-11(15)12(10)19)17-18-13(16)8-4-2-1-3-5-8/h1-7H. The third-order valence-electron chi connectivity index (χ3n) is 2.25. The molecule has 1 aromatic rings. The Morgan fingerprint density at radius 1 is 1.05 bits per heavy atom. The van der Waals surface area contributed by atoms with Crippen LogP contribution in [0.15, 0.2) is 61.7 Å². The van der Waals surface area contributed by atoms with Gasteiger partial charge in [0.25, 0.3) is 0 Å². The third kappa shape index (κ3) is 3.72. The third-order valence-corrected chi connectivity index (χ3v) is 3.72. The van der Waals surface area contributed by atoms with Crippen molar-refractivity contribution in [2.45, 2.75) is 0 Å². The number of benzene rings is 1. The summed E-state index contributed by atoms with van der Waals surface area (Å²) >= 11 is 12.4. The summed E-state index contributed by atoms with van der Waals surface area (Å²) in [5.41, 5.74) is 1.32. The van der Waals surface area contributed by atoms with Gasteiger partial charge in [0.1, 0.15) is 0 Å². The largest absolute Gasteiger partial charge is 0.287 e. The minimum absolute atomic E-state index is 0.128. The van der Waals surface area contributed by atoms with Crippen LogP contribution in [0.25, 0.3) is 0 Å². The van der Waals surface area contributed by atoms with E-state index in [0.717, 1.165) is 5.56 Å². The highest BCUT2D eigenvalue weighted by Gasteiger charge is 2.16. The van der Waals surface area contributed by atoms with E-state index in [0.29, 0.717) is 19.8 Å². The molecule has 0 heterocycles. The van der Waals surface area contributed by atoms with Gasteiger partial charge in [0.05, 0.1) is 14.7 Å². The van der Waals surface area contributed by atoms with E-state index < -0.39 is 0 Å². The zero-order valence-electron chi connectivity index (χ0n) is 9.48. The van der Waals surface area contributed by atoms with Crippen LogP contribution < -0.4 is 0 Å². The molecule has 0 saturated carbocycles. The van der Waals surface area contributed by atoms with Gasteiger partial charge in [0.2, 0.25) is 5.78 Å². The van der Waals surface area contributed by atoms with E-state index in [1.807, 2.05) is 30.3 Å². The van der Waals surface area contributed by atoms with Crippen LogP contribution in [0.2, 0.25) is 0 Å². The SMILES string of the molecule is O=C1C(Br)=CC(=NN=C(Cl)c2ccccc2)C=C1Br. The average Bonchev–Trinajstić information content (AvgIpc) is 2.43. The molecule has 0 amide bonds. The van der Waals surface area contributed by atoms with Crippen LogP contribution in [0.3, 0.4) is 0 Å². The first-order valence-corrected chi connectivity index (χ1v) is 7.20. The first-order chi connectivity index (χ1) is 9.08. The van der Waals surface area contributed by atoms with Gasteiger partial charge in [-0.2, -0.15) is 0 Å². The molecule has 0 unspecified atom stereocenters. The summed E-state index contributed by atoms with van der Waals surface area (Å²) < 4.78 is 0.846. The predicted octanol–water partition coefficient (Wildman–Crippen LogP) is 4.17. The van der Waals surface area contributed by atoms with E-state index in [2.05, 4.69) is 42.1 Å². The smallest absolute Gasteiger partial charge is 0.207 e. The summed E-state index contributed by atoms with van der Waals surface area (Å²) in [7, 11) is 0. The van der Waals surface area contributed by atoms with Crippen LogP contribution in [-0.2, 0) is 4.79 Å². The molecular formula is C13H7Br2ClN2O. The summed E-state index contributed by atoms with van der Waals surface area (Å²) in [6, 6.07) is 9.31. The highest BCUT2D eigenvalue weighted by Crippen LogP contribution is 2.22. The summed E-state index contributed by atoms with van der Waals surface area (Å²) in [6.45, 7) is 0. The molecule has 1 aliphatic rings. The maximum Gasteiger partial charge on any atom is 0.207 e. The molecule has 2 rings (SSSR count). The molecule has 0 bridgehead atoms. The summed E-state index contributed by atoms with van der Waals surface area (Å²) in [4.78, 5) is 11.5. The number of nitrogens with zero attached hydrogens (tertiary/aromatic N) is 2. The molecule has 3 nitrogen and oxygen atoms in total. The number of carbonyl (C=O) groups excluding carboxylic acids is 1. The van der Waals surface area contributed by atoms with Crippen molar-refractivity contribution in [3.05, 3.63) is 57.0 Å². The van der Waals surface area contributed by atoms with Crippen molar-refractivity contribution in [3.8, 4) is 0 Å². The van der Waals surface area contributed by atoms with Crippen molar-refractivity contribution in [1.29, 1.82) is 0 Å². The molecule has 1 aliphatic carbocycles. The second kappa shape index (κ2) is 6.41. The second-order valence-electron chi connectivity index (χ2n) is 3.60. The van der Waals surface area contributed by atoms with E-state index in [1.54, 1.807) is 12.2 Å². The number of carbonyl (C=O) groups is 1. The number of Topliss-reactive ketones (excluding diaryl/α,β-unsaturated/α-hetero) is 1. The highest BCUT2D eigenvalue weighted by atomic mass is 79.9. The zero-order chi connectivity index (χ0) is 13.8. The van der Waals surface area contributed by atoms with Gasteiger partial charge in [-0.15, -0.1) is 10.2 Å². The Morgan fingerprint density at radius 3 is 2.21 bits per heavy atom. The lowest BCUT2D eigenvalue weighted by Crippen LogP contribution is -2.07. The van der Waals surface area contributed by atoms with Gasteiger partial charge in [-0.05, 0) is 44.0 Å². The Labute approximate surface area is 132 Å². The lowest BCUT2D eigenvalue weighted by molar-refractivity contribution is -0.110. The average molecular weight is 402 g/mol. The number of allylic oxidation sites excluding steroid dienone is 4. The number of rotatable bonds is 2. The maximum atomic E-state index is 11.5. The van der Waals surface area contributed by atoms with E-state index in [4.69, 9.17) is 11.6 Å². The van der Waals surface area contributed by atoms with Crippen molar-refractivity contribution in [3.63, 3.8) is 0 Å². The summed E-state index contributed by atoms with van der Waals surface area (Å²) in [5.74, 6) is -0.128. The lowest BCUT2D eigenvalue weighted by atomic mass is 10.2. The summed E-state index contributed by atoms with van der Waals surface area (Å²) in [5, 5.41) is 8.23. The fraction of sp³-hybridized carbons (Fsp3) is 0. The Balaban J connectivity index is 2.26. The maximum absolute atomic E-state index is 11.5. The Hall–Kier alpha value is -1.04. The van der Waals surface area contributed by atoms with Gasteiger partial charge in [-0.3, -0.25) is 4.79 Å². The van der Waals surface area contributed by atoms with Crippen molar-refractivity contribution >= 4 is 60.1 Å². The van der Waals surface area contributed by atoms with Crippen molar-refractivity contribution in [1.82, 2.24) is 0 Å². The number of halogens is 3. The number of hydrogen-bond donors (Lipinski definition) is 0. The van der Waals surface area contributed by atoms with Crippen LogP contribution in [0.5, 0.6) is 0 Å². The molecule has 19 heavy (non-hydrogen) atoms. The van der Waals surface area contributed by atoms with Gasteiger partial charge in [0.15, 0.2) is 5.17 Å². The molecule has 1 aromatic carbocycles. The number of hydrogen-bond acceptors (Lipinski definition) is 3. The predicted molar refractivity (Wildman–Crippen MR) is 85.3 cm³/mol. The van der Waals surface area contributed by atoms with E-state index >= 15 is 0 Å². The molecule has 0 aromatic heterocycles. The van der Waals surface area contributed by atoms with E-state index in [9.17, 15) is 4.79 Å². The molecule has 0 N–H and O–H groups in total. The molecule has 6 heteroatoms. The highest BCUT2D eigenvalue weighted by molar-refractivity contribution is 9.13. The van der Waals surface area contributed by atoms with Crippen LogP contribution in [-0.4, -0.2) is 16.7 Å². The topological polar surface area (TPSA) is 41.8 Å². The molecular weight excluding hydrogens is 395 g/mol. The minimum atomic E-state index is -0.128. The zero-order valence-corrected chi connectivity index (χ0v) is 13.4. The van der Waals surface area contributed by atoms with Crippen LogP contribution in [0, 0.1) is 0 Å². The van der Waals surface area contributed by atoms with Crippen LogP contribution >= 0.6 is 43.5 Å². The van der Waals surface area contributed by atoms with Crippen molar-refractivity contribution < 1.29 is 4.79 Å². The van der Waals surface area contributed by atoms with Crippen LogP contribution in [0.1, 0.15) is 5.56 Å². The minimum Gasteiger partial charge on any atom is -0.287 e. The summed E-state index contributed by atoms with van der Waals surface area (Å²) in [6.07, 6.45) is 3.18. The van der Waals surface area contributed by atoms with Crippen LogP contribution in [0.4, 0.5) is 0 Å². The van der Waals surface area contributed by atoms with Gasteiger partial charge in [-0.1, -0.05) is 41.9 Å². The van der Waals surface area contributed by atoms with E-state index in [-0.39, 0.29) is 5.78 Å². The van der Waals surface area contributed by atoms with Gasteiger partial charge < -0.3 is 0 Å².